The van der Waals surface area contributed by atoms with Crippen LogP contribution in [0.15, 0.2) is 36.4 Å². The molecule has 7 nitrogen and oxygen atoms in total. The van der Waals surface area contributed by atoms with Gasteiger partial charge in [0.2, 0.25) is 0 Å². The van der Waals surface area contributed by atoms with Crippen LogP contribution < -0.4 is 10.1 Å². The molecule has 0 aromatic heterocycles. The van der Waals surface area contributed by atoms with Gasteiger partial charge in [0, 0.05) is 31.3 Å². The number of aliphatic carboxylic acids is 2. The summed E-state index contributed by atoms with van der Waals surface area (Å²) in [6.45, 7) is 5.55. The molecule has 1 heterocycles. The number of carboxylic acids is 2. The number of hydrogen-bond donors (Lipinski definition) is 3. The van der Waals surface area contributed by atoms with Crippen LogP contribution in [0, 0.1) is 5.92 Å². The fourth-order valence-electron chi connectivity index (χ4n) is 3.18. The summed E-state index contributed by atoms with van der Waals surface area (Å²) < 4.78 is 29.2. The highest BCUT2D eigenvalue weighted by molar-refractivity contribution is 5.89. The van der Waals surface area contributed by atoms with Crippen LogP contribution in [-0.4, -0.2) is 59.3 Å². The van der Waals surface area contributed by atoms with E-state index in [1.165, 1.54) is 0 Å². The van der Waals surface area contributed by atoms with Gasteiger partial charge in [0.15, 0.2) is 0 Å². The molecule has 9 heteroatoms. The quantitative estimate of drug-likeness (QED) is 0.520. The van der Waals surface area contributed by atoms with Crippen molar-refractivity contribution in [1.29, 1.82) is 0 Å². The lowest BCUT2D eigenvalue weighted by Gasteiger charge is -2.36. The molecule has 0 amide bonds. The number of ether oxygens (including phenoxy) is 1. The number of nitrogens with zero attached hydrogens (tertiary/aromatic N) is 1. The fraction of sp³-hybridized carbons (Fsp3) is 0.524. The summed E-state index contributed by atoms with van der Waals surface area (Å²) in [7, 11) is 0. The molecule has 0 unspecified atom stereocenters. The van der Waals surface area contributed by atoms with Crippen molar-refractivity contribution in [3.63, 3.8) is 0 Å². The summed E-state index contributed by atoms with van der Waals surface area (Å²) in [5, 5.41) is 19.0. The first-order valence-electron chi connectivity index (χ1n) is 9.79. The van der Waals surface area contributed by atoms with Crippen LogP contribution in [0.4, 0.5) is 8.78 Å². The van der Waals surface area contributed by atoms with E-state index in [1.807, 2.05) is 6.07 Å². The van der Waals surface area contributed by atoms with Crippen molar-refractivity contribution >= 4 is 11.9 Å². The van der Waals surface area contributed by atoms with Crippen LogP contribution in [0.25, 0.3) is 0 Å². The highest BCUT2D eigenvalue weighted by atomic mass is 19.3. The summed E-state index contributed by atoms with van der Waals surface area (Å²) in [4.78, 5) is 21.6. The highest BCUT2D eigenvalue weighted by Gasteiger charge is 2.22. The molecule has 3 N–H and O–H groups in total. The summed E-state index contributed by atoms with van der Waals surface area (Å²) in [5.41, 5.74) is 1.03. The SMILES string of the molecule is CC(C)CN(Cc1cccc(OC(F)F)c1)C1CCNCC1.O=C(O)/C=C/C(=O)O. The Bertz CT molecular complexity index is 676. The summed E-state index contributed by atoms with van der Waals surface area (Å²) in [6.07, 6.45) is 3.39. The molecule has 0 bridgehead atoms. The smallest absolute Gasteiger partial charge is 0.387 e. The largest absolute Gasteiger partial charge is 0.478 e. The number of benzene rings is 1. The third kappa shape index (κ3) is 11.5. The normalized spacial score (nSPS) is 14.8. The number of halogens is 2. The predicted octanol–water partition coefficient (Wildman–Crippen LogP) is 3.21. The molecular weight excluding hydrogens is 398 g/mol. The molecule has 0 atom stereocenters. The van der Waals surface area contributed by atoms with Gasteiger partial charge in [0.1, 0.15) is 5.75 Å². The van der Waals surface area contributed by atoms with E-state index in [4.69, 9.17) is 10.2 Å². The molecule has 1 aromatic carbocycles. The predicted molar refractivity (Wildman–Crippen MR) is 109 cm³/mol. The molecule has 1 fully saturated rings. The molecule has 1 saturated heterocycles. The molecule has 2 rings (SSSR count). The van der Waals surface area contributed by atoms with Gasteiger partial charge >= 0.3 is 18.6 Å². The number of carbonyl (C=O) groups is 2. The van der Waals surface area contributed by atoms with Gasteiger partial charge < -0.3 is 20.3 Å². The van der Waals surface area contributed by atoms with Gasteiger partial charge in [-0.25, -0.2) is 9.59 Å². The maximum absolute atomic E-state index is 12.3. The monoisotopic (exact) mass is 428 g/mol. The maximum atomic E-state index is 12.3. The number of hydrogen-bond acceptors (Lipinski definition) is 5. The molecule has 0 saturated carbocycles. The minimum absolute atomic E-state index is 0.238. The van der Waals surface area contributed by atoms with Crippen molar-refractivity contribution in [2.75, 3.05) is 19.6 Å². The van der Waals surface area contributed by atoms with Crippen LogP contribution in [0.5, 0.6) is 5.75 Å². The molecule has 168 valence electrons. The van der Waals surface area contributed by atoms with Gasteiger partial charge in [0.25, 0.3) is 0 Å². The molecule has 0 spiro atoms. The van der Waals surface area contributed by atoms with E-state index < -0.39 is 18.6 Å². The van der Waals surface area contributed by atoms with Crippen molar-refractivity contribution in [2.45, 2.75) is 45.9 Å². The lowest BCUT2D eigenvalue weighted by atomic mass is 10.0. The Morgan fingerprint density at radius 2 is 1.80 bits per heavy atom. The van der Waals surface area contributed by atoms with Crippen LogP contribution in [0.1, 0.15) is 32.3 Å². The average molecular weight is 428 g/mol. The lowest BCUT2D eigenvalue weighted by Crippen LogP contribution is -2.44. The average Bonchev–Trinajstić information content (AvgIpc) is 2.66. The Morgan fingerprint density at radius 1 is 1.20 bits per heavy atom. The Labute approximate surface area is 175 Å². The zero-order valence-electron chi connectivity index (χ0n) is 17.3. The first-order valence-corrected chi connectivity index (χ1v) is 9.79. The van der Waals surface area contributed by atoms with Gasteiger partial charge in [-0.3, -0.25) is 4.90 Å². The standard InChI is InChI=1S/C17H26F2N2O.C4H4O4/c1-13(2)11-21(15-6-8-20-9-7-15)12-14-4-3-5-16(10-14)22-17(18)19;5-3(6)1-2-4(7)8/h3-5,10,13,15,17,20H,6-9,11-12H2,1-2H3;1-2H,(H,5,6)(H,7,8)/b;2-1+. The third-order valence-electron chi connectivity index (χ3n) is 4.30. The van der Waals surface area contributed by atoms with Crippen LogP contribution in [0.3, 0.4) is 0 Å². The molecular formula is C21H30F2N2O5. The van der Waals surface area contributed by atoms with Crippen molar-refractivity contribution in [3.05, 3.63) is 42.0 Å². The molecule has 0 radical (unpaired) electrons. The van der Waals surface area contributed by atoms with E-state index in [9.17, 15) is 18.4 Å². The van der Waals surface area contributed by atoms with Gasteiger partial charge in [-0.05, 0) is 49.5 Å². The van der Waals surface area contributed by atoms with E-state index in [2.05, 4.69) is 28.8 Å². The summed E-state index contributed by atoms with van der Waals surface area (Å²) >= 11 is 0. The second-order valence-electron chi connectivity index (χ2n) is 7.34. The van der Waals surface area contributed by atoms with Gasteiger partial charge in [-0.2, -0.15) is 8.78 Å². The molecule has 1 aliphatic rings. The molecule has 1 aromatic rings. The van der Waals surface area contributed by atoms with Crippen LogP contribution in [0.2, 0.25) is 0 Å². The van der Waals surface area contributed by atoms with Gasteiger partial charge in [0.05, 0.1) is 0 Å². The zero-order valence-corrected chi connectivity index (χ0v) is 17.3. The molecule has 30 heavy (non-hydrogen) atoms. The van der Waals surface area contributed by atoms with Crippen molar-refractivity contribution in [2.24, 2.45) is 5.92 Å². The van der Waals surface area contributed by atoms with E-state index >= 15 is 0 Å². The molecule has 1 aliphatic heterocycles. The van der Waals surface area contributed by atoms with E-state index in [0.29, 0.717) is 24.1 Å². The minimum atomic E-state index is -2.77. The lowest BCUT2D eigenvalue weighted by molar-refractivity contribution is -0.134. The topological polar surface area (TPSA) is 99.1 Å². The Morgan fingerprint density at radius 3 is 2.30 bits per heavy atom. The van der Waals surface area contributed by atoms with Crippen LogP contribution in [-0.2, 0) is 16.1 Å². The maximum Gasteiger partial charge on any atom is 0.387 e. The first-order chi connectivity index (χ1) is 14.2. The highest BCUT2D eigenvalue weighted by Crippen LogP contribution is 2.21. The zero-order chi connectivity index (χ0) is 22.5. The Hall–Kier alpha value is -2.52. The van der Waals surface area contributed by atoms with E-state index in [0.717, 1.165) is 44.6 Å². The van der Waals surface area contributed by atoms with E-state index in [-0.39, 0.29) is 5.75 Å². The van der Waals surface area contributed by atoms with Gasteiger partial charge in [-0.1, -0.05) is 26.0 Å². The third-order valence-corrected chi connectivity index (χ3v) is 4.30. The number of alkyl halides is 2. The number of piperidine rings is 1. The Balaban J connectivity index is 0.000000479. The van der Waals surface area contributed by atoms with Gasteiger partial charge in [-0.15, -0.1) is 0 Å². The number of rotatable bonds is 9. The number of nitrogens with one attached hydrogen (secondary N) is 1. The van der Waals surface area contributed by atoms with Crippen molar-refractivity contribution < 1.29 is 33.3 Å². The number of carboxylic acid groups (broad SMARTS) is 2. The van der Waals surface area contributed by atoms with Crippen LogP contribution >= 0.6 is 0 Å². The minimum Gasteiger partial charge on any atom is -0.478 e. The second kappa shape index (κ2) is 13.7. The van der Waals surface area contributed by atoms with Crippen molar-refractivity contribution in [3.8, 4) is 5.75 Å². The van der Waals surface area contributed by atoms with E-state index in [1.54, 1.807) is 18.2 Å². The second-order valence-corrected chi connectivity index (χ2v) is 7.34. The summed E-state index contributed by atoms with van der Waals surface area (Å²) in [6, 6.07) is 7.62. The summed E-state index contributed by atoms with van der Waals surface area (Å²) in [5.74, 6) is -1.70. The molecule has 0 aliphatic carbocycles. The first kappa shape index (κ1) is 25.5. The van der Waals surface area contributed by atoms with Crippen molar-refractivity contribution in [1.82, 2.24) is 10.2 Å². The Kier molecular flexibility index (Phi) is 11.6. The fourth-order valence-corrected chi connectivity index (χ4v) is 3.18.